The maximum absolute atomic E-state index is 10.8. The van der Waals surface area contributed by atoms with E-state index in [0.29, 0.717) is 17.5 Å². The van der Waals surface area contributed by atoms with Gasteiger partial charge >= 0.3 is 5.97 Å². The Labute approximate surface area is 125 Å². The number of carboxylic acids is 1. The molecule has 0 saturated heterocycles. The smallest absolute Gasteiger partial charge is 0.335 e. The van der Waals surface area contributed by atoms with E-state index >= 15 is 0 Å². The molecule has 3 nitrogen and oxygen atoms in total. The first-order valence-corrected chi connectivity index (χ1v) is 7.55. The van der Waals surface area contributed by atoms with E-state index in [9.17, 15) is 4.79 Å². The SMILES string of the molecule is CCCCC(CC)COCc1ccc(C(=O)O)cc1Cl. The van der Waals surface area contributed by atoms with Gasteiger partial charge in [0.05, 0.1) is 12.2 Å². The monoisotopic (exact) mass is 298 g/mol. The lowest BCUT2D eigenvalue weighted by Crippen LogP contribution is -2.09. The van der Waals surface area contributed by atoms with Crippen molar-refractivity contribution in [2.45, 2.75) is 46.1 Å². The highest BCUT2D eigenvalue weighted by molar-refractivity contribution is 6.31. The van der Waals surface area contributed by atoms with Crippen LogP contribution in [0.2, 0.25) is 5.02 Å². The Kier molecular flexibility index (Phi) is 7.63. The lowest BCUT2D eigenvalue weighted by Gasteiger charge is -2.15. The van der Waals surface area contributed by atoms with Gasteiger partial charge in [0.15, 0.2) is 0 Å². The molecule has 4 heteroatoms. The van der Waals surface area contributed by atoms with Crippen molar-refractivity contribution in [2.75, 3.05) is 6.61 Å². The van der Waals surface area contributed by atoms with Gasteiger partial charge in [-0.05, 0) is 30.0 Å². The van der Waals surface area contributed by atoms with E-state index in [1.54, 1.807) is 12.1 Å². The van der Waals surface area contributed by atoms with Crippen molar-refractivity contribution in [1.82, 2.24) is 0 Å². The number of halogens is 1. The quantitative estimate of drug-likeness (QED) is 0.714. The molecule has 0 aromatic heterocycles. The van der Waals surface area contributed by atoms with Crippen LogP contribution in [0.1, 0.15) is 55.5 Å². The van der Waals surface area contributed by atoms with Crippen molar-refractivity contribution in [1.29, 1.82) is 0 Å². The molecule has 0 aliphatic carbocycles. The minimum atomic E-state index is -0.968. The fraction of sp³-hybridized carbons (Fsp3) is 0.562. The summed E-state index contributed by atoms with van der Waals surface area (Å²) in [6.07, 6.45) is 4.75. The number of aromatic carboxylic acids is 1. The lowest BCUT2D eigenvalue weighted by atomic mass is 10.0. The Morgan fingerprint density at radius 3 is 2.70 bits per heavy atom. The van der Waals surface area contributed by atoms with Crippen molar-refractivity contribution in [3.05, 3.63) is 34.3 Å². The molecule has 1 aromatic rings. The van der Waals surface area contributed by atoms with Gasteiger partial charge in [0.25, 0.3) is 0 Å². The van der Waals surface area contributed by atoms with Crippen molar-refractivity contribution in [3.63, 3.8) is 0 Å². The zero-order valence-electron chi connectivity index (χ0n) is 12.2. The Balaban J connectivity index is 2.47. The topological polar surface area (TPSA) is 46.5 Å². The number of ether oxygens (including phenoxy) is 1. The predicted octanol–water partition coefficient (Wildman–Crippen LogP) is 4.77. The molecule has 1 unspecified atom stereocenters. The Hall–Kier alpha value is -1.06. The summed E-state index contributed by atoms with van der Waals surface area (Å²) in [5, 5.41) is 9.32. The van der Waals surface area contributed by atoms with E-state index in [4.69, 9.17) is 21.4 Å². The minimum Gasteiger partial charge on any atom is -0.478 e. The Morgan fingerprint density at radius 1 is 1.40 bits per heavy atom. The van der Waals surface area contributed by atoms with Gasteiger partial charge in [-0.2, -0.15) is 0 Å². The average molecular weight is 299 g/mol. The fourth-order valence-corrected chi connectivity index (χ4v) is 2.27. The first kappa shape index (κ1) is 17.0. The summed E-state index contributed by atoms with van der Waals surface area (Å²) in [4.78, 5) is 10.8. The minimum absolute atomic E-state index is 0.202. The third-order valence-electron chi connectivity index (χ3n) is 3.45. The molecule has 0 radical (unpaired) electrons. The zero-order valence-corrected chi connectivity index (χ0v) is 12.9. The van der Waals surface area contributed by atoms with Gasteiger partial charge < -0.3 is 9.84 Å². The lowest BCUT2D eigenvalue weighted by molar-refractivity contribution is 0.0696. The third kappa shape index (κ3) is 5.51. The highest BCUT2D eigenvalue weighted by Gasteiger charge is 2.09. The summed E-state index contributed by atoms with van der Waals surface area (Å²) < 4.78 is 5.72. The maximum atomic E-state index is 10.8. The predicted molar refractivity (Wildman–Crippen MR) is 81.4 cm³/mol. The van der Waals surface area contributed by atoms with Crippen LogP contribution in [0.5, 0.6) is 0 Å². The summed E-state index contributed by atoms with van der Waals surface area (Å²) in [6.45, 7) is 5.53. The zero-order chi connectivity index (χ0) is 15.0. The van der Waals surface area contributed by atoms with Gasteiger partial charge in [-0.25, -0.2) is 4.79 Å². The van der Waals surface area contributed by atoms with E-state index < -0.39 is 5.97 Å². The molecule has 0 bridgehead atoms. The van der Waals surface area contributed by atoms with Crippen molar-refractivity contribution < 1.29 is 14.6 Å². The van der Waals surface area contributed by atoms with Gasteiger partial charge in [0.2, 0.25) is 0 Å². The van der Waals surface area contributed by atoms with E-state index in [2.05, 4.69) is 13.8 Å². The molecule has 1 aromatic carbocycles. The van der Waals surface area contributed by atoms with Crippen LogP contribution in [0.4, 0.5) is 0 Å². The summed E-state index contributed by atoms with van der Waals surface area (Å²) in [7, 11) is 0. The van der Waals surface area contributed by atoms with Crippen LogP contribution in [-0.2, 0) is 11.3 Å². The van der Waals surface area contributed by atoms with Crippen LogP contribution in [-0.4, -0.2) is 17.7 Å². The van der Waals surface area contributed by atoms with Gasteiger partial charge in [-0.15, -0.1) is 0 Å². The molecule has 1 rings (SSSR count). The highest BCUT2D eigenvalue weighted by atomic mass is 35.5. The number of carbonyl (C=O) groups is 1. The fourth-order valence-electron chi connectivity index (χ4n) is 2.03. The number of hydrogen-bond donors (Lipinski definition) is 1. The number of benzene rings is 1. The molecule has 0 saturated carbocycles. The first-order chi connectivity index (χ1) is 9.58. The van der Waals surface area contributed by atoms with Crippen LogP contribution in [0.15, 0.2) is 18.2 Å². The van der Waals surface area contributed by atoms with Gasteiger partial charge in [0, 0.05) is 11.6 Å². The van der Waals surface area contributed by atoms with Crippen molar-refractivity contribution in [2.24, 2.45) is 5.92 Å². The molecule has 20 heavy (non-hydrogen) atoms. The molecule has 0 aliphatic heterocycles. The van der Waals surface area contributed by atoms with Crippen LogP contribution in [0.25, 0.3) is 0 Å². The van der Waals surface area contributed by atoms with Crippen LogP contribution in [0.3, 0.4) is 0 Å². The Morgan fingerprint density at radius 2 is 2.15 bits per heavy atom. The van der Waals surface area contributed by atoms with Crippen LogP contribution in [0, 0.1) is 5.92 Å². The van der Waals surface area contributed by atoms with Gasteiger partial charge in [0.1, 0.15) is 0 Å². The molecule has 0 fully saturated rings. The first-order valence-electron chi connectivity index (χ1n) is 7.17. The van der Waals surface area contributed by atoms with Crippen molar-refractivity contribution in [3.8, 4) is 0 Å². The number of rotatable bonds is 9. The summed E-state index contributed by atoms with van der Waals surface area (Å²) >= 11 is 6.06. The number of unbranched alkanes of at least 4 members (excludes halogenated alkanes) is 1. The molecule has 0 aliphatic rings. The number of hydrogen-bond acceptors (Lipinski definition) is 2. The Bertz CT molecular complexity index is 432. The molecule has 0 spiro atoms. The van der Waals surface area contributed by atoms with E-state index in [-0.39, 0.29) is 5.56 Å². The summed E-state index contributed by atoms with van der Waals surface area (Å²) in [6, 6.07) is 4.75. The molecule has 1 N–H and O–H groups in total. The van der Waals surface area contributed by atoms with Crippen LogP contribution < -0.4 is 0 Å². The molecule has 0 amide bonds. The second-order valence-electron chi connectivity index (χ2n) is 5.04. The second kappa shape index (κ2) is 8.98. The molecular weight excluding hydrogens is 276 g/mol. The summed E-state index contributed by atoms with van der Waals surface area (Å²) in [5.74, 6) is -0.378. The molecule has 112 valence electrons. The highest BCUT2D eigenvalue weighted by Crippen LogP contribution is 2.20. The van der Waals surface area contributed by atoms with Gasteiger partial charge in [-0.1, -0.05) is 50.8 Å². The number of carboxylic acid groups (broad SMARTS) is 1. The maximum Gasteiger partial charge on any atom is 0.335 e. The third-order valence-corrected chi connectivity index (χ3v) is 3.81. The van der Waals surface area contributed by atoms with E-state index in [0.717, 1.165) is 18.6 Å². The van der Waals surface area contributed by atoms with Gasteiger partial charge in [-0.3, -0.25) is 0 Å². The van der Waals surface area contributed by atoms with Crippen molar-refractivity contribution >= 4 is 17.6 Å². The van der Waals surface area contributed by atoms with Crippen LogP contribution >= 0.6 is 11.6 Å². The molecular formula is C16H23ClO3. The molecule has 0 heterocycles. The normalized spacial score (nSPS) is 12.3. The standard InChI is InChI=1S/C16H23ClO3/c1-3-5-6-12(4-2)10-20-11-14-8-7-13(16(18)19)9-15(14)17/h7-9,12H,3-6,10-11H2,1-2H3,(H,18,19). The second-order valence-corrected chi connectivity index (χ2v) is 5.45. The average Bonchev–Trinajstić information content (AvgIpc) is 2.43. The van der Waals surface area contributed by atoms with E-state index in [1.165, 1.54) is 25.3 Å². The summed E-state index contributed by atoms with van der Waals surface area (Å²) in [5.41, 5.74) is 1.04. The van der Waals surface area contributed by atoms with E-state index in [1.807, 2.05) is 0 Å². The largest absolute Gasteiger partial charge is 0.478 e. The molecule has 1 atom stereocenters.